The molecule has 0 amide bonds. The lowest BCUT2D eigenvalue weighted by Crippen LogP contribution is -2.24. The molecule has 2 aromatic carbocycles. The first-order valence-corrected chi connectivity index (χ1v) is 9.05. The van der Waals surface area contributed by atoms with Gasteiger partial charge in [-0.1, -0.05) is 24.3 Å². The van der Waals surface area contributed by atoms with Crippen LogP contribution in [0.5, 0.6) is 11.5 Å². The first-order chi connectivity index (χ1) is 10.6. The van der Waals surface area contributed by atoms with Gasteiger partial charge >= 0.3 is 7.82 Å². The van der Waals surface area contributed by atoms with Crippen LogP contribution in [0.4, 0.5) is 0 Å². The number of phosphoric acid groups is 1. The van der Waals surface area contributed by atoms with E-state index in [-0.39, 0.29) is 5.41 Å². The van der Waals surface area contributed by atoms with Crippen LogP contribution in [-0.4, -0.2) is 4.89 Å². The normalized spacial score (nSPS) is 21.9. The van der Waals surface area contributed by atoms with Crippen molar-refractivity contribution in [1.82, 2.24) is 0 Å². The fourth-order valence-electron chi connectivity index (χ4n) is 4.52. The van der Waals surface area contributed by atoms with Gasteiger partial charge < -0.3 is 9.05 Å². The summed E-state index contributed by atoms with van der Waals surface area (Å²) in [7, 11) is -4.16. The molecule has 1 spiro atoms. The smallest absolute Gasteiger partial charge is 0.395 e. The molecule has 0 bridgehead atoms. The Bertz CT molecular complexity index is 790. The molecular weight excluding hydrogens is 299 g/mol. The zero-order valence-electron chi connectivity index (χ0n) is 11.9. The molecule has 2 aliphatic carbocycles. The fourth-order valence-corrected chi connectivity index (χ4v) is 5.36. The summed E-state index contributed by atoms with van der Waals surface area (Å²) >= 11 is 0. The number of benzene rings is 2. The molecule has 112 valence electrons. The lowest BCUT2D eigenvalue weighted by Gasteiger charge is -2.32. The third kappa shape index (κ3) is 1.49. The summed E-state index contributed by atoms with van der Waals surface area (Å²) in [5.41, 5.74) is 4.51. The summed E-state index contributed by atoms with van der Waals surface area (Å²) in [4.78, 5) is 10.1. The van der Waals surface area contributed by atoms with Crippen molar-refractivity contribution in [2.75, 3.05) is 0 Å². The van der Waals surface area contributed by atoms with Crippen LogP contribution >= 0.6 is 7.82 Å². The molecule has 1 N–H and O–H groups in total. The van der Waals surface area contributed by atoms with E-state index in [9.17, 15) is 9.46 Å². The molecule has 0 aromatic heterocycles. The Kier molecular flexibility index (Phi) is 2.29. The van der Waals surface area contributed by atoms with Gasteiger partial charge in [-0.15, -0.1) is 0 Å². The summed E-state index contributed by atoms with van der Waals surface area (Å²) in [6.45, 7) is 0. The van der Waals surface area contributed by atoms with Crippen LogP contribution < -0.4 is 9.05 Å². The highest BCUT2D eigenvalue weighted by Crippen LogP contribution is 2.62. The van der Waals surface area contributed by atoms with Crippen molar-refractivity contribution in [3.63, 3.8) is 0 Å². The molecule has 3 aliphatic rings. The second-order valence-electron chi connectivity index (χ2n) is 6.31. The van der Waals surface area contributed by atoms with Gasteiger partial charge in [0.2, 0.25) is 0 Å². The quantitative estimate of drug-likeness (QED) is 0.753. The van der Waals surface area contributed by atoms with Crippen LogP contribution in [0.2, 0.25) is 0 Å². The summed E-state index contributed by atoms with van der Waals surface area (Å²) in [6.07, 6.45) is 3.95. The number of rotatable bonds is 0. The first kappa shape index (κ1) is 12.7. The Labute approximate surface area is 128 Å². The topological polar surface area (TPSA) is 55.8 Å². The molecule has 5 heteroatoms. The maximum absolute atomic E-state index is 12.3. The predicted octanol–water partition coefficient (Wildman–Crippen LogP) is 3.74. The monoisotopic (exact) mass is 314 g/mol. The van der Waals surface area contributed by atoms with Gasteiger partial charge in [-0.25, -0.2) is 4.57 Å². The predicted molar refractivity (Wildman–Crippen MR) is 81.4 cm³/mol. The van der Waals surface area contributed by atoms with E-state index in [1.165, 1.54) is 11.1 Å². The highest BCUT2D eigenvalue weighted by Gasteiger charge is 2.51. The standard InChI is InChI=1S/C17H15O4P/c18-22(19)20-13-5-1-3-11-7-9-17(15(11)13)10-8-12-4-2-6-14(21-22)16(12)17/h1-6H,7-10H2,(H,18,19). The van der Waals surface area contributed by atoms with Gasteiger partial charge in [0, 0.05) is 16.5 Å². The van der Waals surface area contributed by atoms with Crippen molar-refractivity contribution >= 4 is 7.82 Å². The molecule has 2 aromatic rings. The van der Waals surface area contributed by atoms with E-state index in [2.05, 4.69) is 12.1 Å². The van der Waals surface area contributed by atoms with E-state index in [0.29, 0.717) is 11.5 Å². The number of hydrogen-bond acceptors (Lipinski definition) is 3. The highest BCUT2D eigenvalue weighted by molar-refractivity contribution is 7.48. The van der Waals surface area contributed by atoms with Crippen LogP contribution in [0.1, 0.15) is 35.1 Å². The van der Waals surface area contributed by atoms with Gasteiger partial charge in [0.15, 0.2) is 0 Å². The van der Waals surface area contributed by atoms with Crippen LogP contribution in [0, 0.1) is 0 Å². The number of aryl methyl sites for hydroxylation is 2. The Hall–Kier alpha value is -1.77. The molecule has 0 saturated heterocycles. The SMILES string of the molecule is O=P1(O)Oc2cccc3c2C2(CC3)CCc3cccc(c32)O1. The minimum Gasteiger partial charge on any atom is -0.395 e. The third-order valence-electron chi connectivity index (χ3n) is 5.25. The summed E-state index contributed by atoms with van der Waals surface area (Å²) < 4.78 is 23.1. The molecule has 0 fully saturated rings. The van der Waals surface area contributed by atoms with Gasteiger partial charge in [0.1, 0.15) is 11.5 Å². The van der Waals surface area contributed by atoms with Crippen molar-refractivity contribution in [2.24, 2.45) is 0 Å². The van der Waals surface area contributed by atoms with Crippen molar-refractivity contribution in [2.45, 2.75) is 31.1 Å². The second kappa shape index (κ2) is 3.95. The van der Waals surface area contributed by atoms with E-state index in [0.717, 1.165) is 36.8 Å². The van der Waals surface area contributed by atoms with Crippen molar-refractivity contribution in [3.05, 3.63) is 58.7 Å². The first-order valence-electron chi connectivity index (χ1n) is 7.56. The molecule has 0 unspecified atom stereocenters. The van der Waals surface area contributed by atoms with E-state index in [1.807, 2.05) is 12.1 Å². The Morgan fingerprint density at radius 1 is 0.909 bits per heavy atom. The summed E-state index contributed by atoms with van der Waals surface area (Å²) in [6, 6.07) is 11.5. The number of hydrogen-bond donors (Lipinski definition) is 1. The second-order valence-corrected chi connectivity index (χ2v) is 7.62. The molecule has 5 rings (SSSR count). The van der Waals surface area contributed by atoms with E-state index < -0.39 is 7.82 Å². The Balaban J connectivity index is 1.91. The van der Waals surface area contributed by atoms with Crippen molar-refractivity contribution < 1.29 is 18.5 Å². The van der Waals surface area contributed by atoms with Gasteiger partial charge in [-0.2, -0.15) is 0 Å². The van der Waals surface area contributed by atoms with Gasteiger partial charge in [0.05, 0.1) is 0 Å². The van der Waals surface area contributed by atoms with E-state index >= 15 is 0 Å². The molecule has 0 atom stereocenters. The van der Waals surface area contributed by atoms with Crippen LogP contribution in [0.15, 0.2) is 36.4 Å². The van der Waals surface area contributed by atoms with Crippen LogP contribution in [-0.2, 0) is 22.8 Å². The van der Waals surface area contributed by atoms with E-state index in [4.69, 9.17) is 9.05 Å². The Morgan fingerprint density at radius 2 is 1.41 bits per heavy atom. The molecule has 0 saturated carbocycles. The van der Waals surface area contributed by atoms with Gasteiger partial charge in [-0.3, -0.25) is 4.89 Å². The molecule has 1 aliphatic heterocycles. The highest BCUT2D eigenvalue weighted by atomic mass is 31.2. The number of phosphoric ester groups is 1. The largest absolute Gasteiger partial charge is 0.584 e. The molecule has 0 radical (unpaired) electrons. The zero-order valence-corrected chi connectivity index (χ0v) is 12.8. The minimum absolute atomic E-state index is 0.127. The van der Waals surface area contributed by atoms with Crippen molar-refractivity contribution in [1.29, 1.82) is 0 Å². The van der Waals surface area contributed by atoms with Crippen molar-refractivity contribution in [3.8, 4) is 11.5 Å². The zero-order chi connectivity index (χ0) is 14.9. The molecule has 4 nitrogen and oxygen atoms in total. The van der Waals surface area contributed by atoms with Crippen LogP contribution in [0.3, 0.4) is 0 Å². The average molecular weight is 314 g/mol. The maximum atomic E-state index is 12.3. The average Bonchev–Trinajstić information content (AvgIpc) is 3.02. The molecular formula is C17H15O4P. The summed E-state index contributed by atoms with van der Waals surface area (Å²) in [5, 5.41) is 0. The lowest BCUT2D eigenvalue weighted by atomic mass is 9.76. The molecule has 1 heterocycles. The molecule has 22 heavy (non-hydrogen) atoms. The lowest BCUT2D eigenvalue weighted by molar-refractivity contribution is 0.280. The maximum Gasteiger partial charge on any atom is 0.584 e. The summed E-state index contributed by atoms with van der Waals surface area (Å²) in [5.74, 6) is 1.01. The van der Waals surface area contributed by atoms with Gasteiger partial charge in [-0.05, 0) is 48.9 Å². The third-order valence-corrected chi connectivity index (χ3v) is 6.11. The van der Waals surface area contributed by atoms with Crippen LogP contribution in [0.25, 0.3) is 0 Å². The minimum atomic E-state index is -4.16. The Morgan fingerprint density at radius 3 is 1.91 bits per heavy atom. The fraction of sp³-hybridized carbons (Fsp3) is 0.294. The van der Waals surface area contributed by atoms with E-state index in [1.54, 1.807) is 12.1 Å². The van der Waals surface area contributed by atoms with Gasteiger partial charge in [0.25, 0.3) is 0 Å².